The summed E-state index contributed by atoms with van der Waals surface area (Å²) < 4.78 is 1.04. The molecule has 0 saturated heterocycles. The van der Waals surface area contributed by atoms with Crippen LogP contribution in [0.4, 0.5) is 0 Å². The van der Waals surface area contributed by atoms with E-state index in [1.54, 1.807) is 0 Å². The van der Waals surface area contributed by atoms with Crippen LogP contribution in [0.2, 0.25) is 0 Å². The minimum absolute atomic E-state index is 0.0912. The van der Waals surface area contributed by atoms with E-state index in [4.69, 9.17) is 0 Å². The predicted molar refractivity (Wildman–Crippen MR) is 77.8 cm³/mol. The Morgan fingerprint density at radius 1 is 1.47 bits per heavy atom. The molecule has 1 aromatic rings. The molecule has 96 valence electrons. The van der Waals surface area contributed by atoms with Gasteiger partial charge in [-0.1, -0.05) is 20.8 Å². The van der Waals surface area contributed by atoms with Gasteiger partial charge in [-0.25, -0.2) is 0 Å². The molecule has 2 nitrogen and oxygen atoms in total. The van der Waals surface area contributed by atoms with Crippen LogP contribution in [-0.2, 0) is 0 Å². The summed E-state index contributed by atoms with van der Waals surface area (Å²) >= 11 is 4.96. The van der Waals surface area contributed by atoms with Gasteiger partial charge in [-0.3, -0.25) is 4.79 Å². The van der Waals surface area contributed by atoms with Crippen molar-refractivity contribution in [3.63, 3.8) is 0 Å². The molecule has 17 heavy (non-hydrogen) atoms. The molecule has 1 atom stereocenters. The zero-order valence-electron chi connectivity index (χ0n) is 11.3. The molecule has 0 radical (unpaired) electrons. The predicted octanol–water partition coefficient (Wildman–Crippen LogP) is 4.33. The molecule has 1 amide bonds. The van der Waals surface area contributed by atoms with Crippen molar-refractivity contribution < 1.29 is 4.79 Å². The number of rotatable bonds is 2. The molecule has 4 heteroatoms. The lowest BCUT2D eigenvalue weighted by atomic mass is 9.87. The van der Waals surface area contributed by atoms with Crippen molar-refractivity contribution in [1.82, 2.24) is 4.90 Å². The second-order valence-corrected chi connectivity index (χ2v) is 7.90. The number of thiophene rings is 1. The largest absolute Gasteiger partial charge is 0.338 e. The smallest absolute Gasteiger partial charge is 0.263 e. The molecule has 0 aliphatic carbocycles. The lowest BCUT2D eigenvalue weighted by Gasteiger charge is -2.35. The number of hydrogen-bond acceptors (Lipinski definition) is 2. The van der Waals surface area contributed by atoms with Crippen molar-refractivity contribution in [3.05, 3.63) is 20.3 Å². The first-order chi connectivity index (χ1) is 7.64. The first-order valence-electron chi connectivity index (χ1n) is 5.67. The van der Waals surface area contributed by atoms with Crippen molar-refractivity contribution in [2.45, 2.75) is 40.7 Å². The van der Waals surface area contributed by atoms with E-state index in [0.717, 1.165) is 14.2 Å². The van der Waals surface area contributed by atoms with Crippen LogP contribution in [0.5, 0.6) is 0 Å². The highest BCUT2D eigenvalue weighted by molar-refractivity contribution is 9.11. The minimum Gasteiger partial charge on any atom is -0.338 e. The van der Waals surface area contributed by atoms with Gasteiger partial charge in [-0.2, -0.15) is 0 Å². The molecular formula is C13H20BrNOS. The van der Waals surface area contributed by atoms with Crippen LogP contribution in [0.15, 0.2) is 9.85 Å². The first-order valence-corrected chi connectivity index (χ1v) is 7.28. The Morgan fingerprint density at radius 3 is 2.35 bits per heavy atom. The van der Waals surface area contributed by atoms with Crippen LogP contribution in [0, 0.1) is 12.3 Å². The Kier molecular flexibility index (Phi) is 4.42. The third-order valence-corrected chi connectivity index (χ3v) is 5.35. The lowest BCUT2D eigenvalue weighted by molar-refractivity contribution is 0.0634. The summed E-state index contributed by atoms with van der Waals surface area (Å²) in [6.45, 7) is 10.5. The quantitative estimate of drug-likeness (QED) is 0.795. The summed E-state index contributed by atoms with van der Waals surface area (Å²) in [5.74, 6) is 0.103. The van der Waals surface area contributed by atoms with E-state index in [9.17, 15) is 4.79 Å². The van der Waals surface area contributed by atoms with Gasteiger partial charge in [0, 0.05) is 13.1 Å². The molecule has 0 N–H and O–H groups in total. The van der Waals surface area contributed by atoms with Crippen molar-refractivity contribution in [3.8, 4) is 0 Å². The van der Waals surface area contributed by atoms with E-state index in [-0.39, 0.29) is 17.4 Å². The molecule has 0 aromatic carbocycles. The second kappa shape index (κ2) is 5.11. The Bertz CT molecular complexity index is 400. The molecule has 1 aromatic heterocycles. The third-order valence-electron chi connectivity index (χ3n) is 3.22. The number of hydrogen-bond donors (Lipinski definition) is 0. The van der Waals surface area contributed by atoms with Gasteiger partial charge in [0.05, 0.1) is 8.66 Å². The maximum absolute atomic E-state index is 12.3. The fourth-order valence-electron chi connectivity index (χ4n) is 1.50. The van der Waals surface area contributed by atoms with Crippen molar-refractivity contribution in [1.29, 1.82) is 0 Å². The van der Waals surface area contributed by atoms with Gasteiger partial charge in [0.15, 0.2) is 0 Å². The Balaban J connectivity index is 2.91. The average molecular weight is 318 g/mol. The number of nitrogens with zero attached hydrogens (tertiary/aromatic N) is 1. The maximum Gasteiger partial charge on any atom is 0.263 e. The van der Waals surface area contributed by atoms with Crippen LogP contribution in [0.25, 0.3) is 0 Å². The van der Waals surface area contributed by atoms with Gasteiger partial charge in [0.25, 0.3) is 5.91 Å². The summed E-state index contributed by atoms with van der Waals surface area (Å²) in [4.78, 5) is 14.9. The molecule has 0 bridgehead atoms. The van der Waals surface area contributed by atoms with Gasteiger partial charge in [0.1, 0.15) is 0 Å². The van der Waals surface area contributed by atoms with E-state index in [2.05, 4.69) is 43.6 Å². The van der Waals surface area contributed by atoms with Gasteiger partial charge in [-0.15, -0.1) is 11.3 Å². The van der Waals surface area contributed by atoms with E-state index in [1.165, 1.54) is 11.3 Å². The molecule has 1 heterocycles. The molecule has 0 saturated carbocycles. The number of amides is 1. The summed E-state index contributed by atoms with van der Waals surface area (Å²) in [5, 5.41) is 0. The molecule has 1 unspecified atom stereocenters. The Morgan fingerprint density at radius 2 is 2.00 bits per heavy atom. The van der Waals surface area contributed by atoms with Gasteiger partial charge in [0.2, 0.25) is 0 Å². The van der Waals surface area contributed by atoms with Crippen LogP contribution in [-0.4, -0.2) is 23.9 Å². The van der Waals surface area contributed by atoms with E-state index in [1.807, 2.05) is 24.9 Å². The fourth-order valence-corrected chi connectivity index (χ4v) is 3.01. The number of carbonyl (C=O) groups excluding carboxylic acids is 1. The zero-order chi connectivity index (χ0) is 13.4. The Labute approximate surface area is 116 Å². The summed E-state index contributed by atoms with van der Waals surface area (Å²) in [6, 6.07) is 2.15. The monoisotopic (exact) mass is 317 g/mol. The molecule has 0 aliphatic heterocycles. The van der Waals surface area contributed by atoms with Crippen molar-refractivity contribution in [2.75, 3.05) is 7.05 Å². The SMILES string of the molecule is Cc1cc(C(=O)N(C)C(C)C(C)(C)C)sc1Br. The van der Waals surface area contributed by atoms with Crippen LogP contribution in [0.3, 0.4) is 0 Å². The van der Waals surface area contributed by atoms with E-state index in [0.29, 0.717) is 0 Å². The van der Waals surface area contributed by atoms with Crippen LogP contribution < -0.4 is 0 Å². The third kappa shape index (κ3) is 3.32. The van der Waals surface area contributed by atoms with E-state index >= 15 is 0 Å². The normalized spacial score (nSPS) is 13.6. The highest BCUT2D eigenvalue weighted by atomic mass is 79.9. The van der Waals surface area contributed by atoms with Gasteiger partial charge < -0.3 is 4.90 Å². The average Bonchev–Trinajstić information content (AvgIpc) is 2.54. The topological polar surface area (TPSA) is 20.3 Å². The van der Waals surface area contributed by atoms with Crippen molar-refractivity contribution >= 4 is 33.2 Å². The minimum atomic E-state index is 0.0912. The molecule has 0 aliphatic rings. The lowest BCUT2D eigenvalue weighted by Crippen LogP contribution is -2.42. The van der Waals surface area contributed by atoms with E-state index < -0.39 is 0 Å². The standard InChI is InChI=1S/C13H20BrNOS/c1-8-7-10(17-11(8)14)12(16)15(6)9(2)13(3,4)5/h7,9H,1-6H3. The summed E-state index contributed by atoms with van der Waals surface area (Å²) in [6.07, 6.45) is 0. The summed E-state index contributed by atoms with van der Waals surface area (Å²) in [5.41, 5.74) is 1.21. The number of halogens is 1. The highest BCUT2D eigenvalue weighted by Crippen LogP contribution is 2.30. The Hall–Kier alpha value is -0.350. The molecule has 0 fully saturated rings. The van der Waals surface area contributed by atoms with Crippen LogP contribution >= 0.6 is 27.3 Å². The van der Waals surface area contributed by atoms with Gasteiger partial charge >= 0.3 is 0 Å². The zero-order valence-corrected chi connectivity index (χ0v) is 13.7. The maximum atomic E-state index is 12.3. The molecule has 1 rings (SSSR count). The van der Waals surface area contributed by atoms with Crippen molar-refractivity contribution in [2.24, 2.45) is 5.41 Å². The molecule has 0 spiro atoms. The second-order valence-electron chi connectivity index (χ2n) is 5.53. The summed E-state index contributed by atoms with van der Waals surface area (Å²) in [7, 11) is 1.88. The molecular weight excluding hydrogens is 298 g/mol. The first kappa shape index (κ1) is 14.7. The fraction of sp³-hybridized carbons (Fsp3) is 0.615. The highest BCUT2D eigenvalue weighted by Gasteiger charge is 2.28. The van der Waals surface area contributed by atoms with Crippen LogP contribution in [0.1, 0.15) is 42.9 Å². The number of carbonyl (C=O) groups is 1. The van der Waals surface area contributed by atoms with Gasteiger partial charge in [-0.05, 0) is 46.8 Å². The number of aryl methyl sites for hydroxylation is 1.